The van der Waals surface area contributed by atoms with Crippen molar-refractivity contribution < 1.29 is 24.5 Å². The molecule has 2 aromatic rings. The van der Waals surface area contributed by atoms with Gasteiger partial charge in [0, 0.05) is 18.3 Å². The van der Waals surface area contributed by atoms with E-state index in [1.165, 1.54) is 17.2 Å². The average molecular weight is 503 g/mol. The Morgan fingerprint density at radius 2 is 2.00 bits per heavy atom. The maximum absolute atomic E-state index is 13.4. The molecular formula is C25H31ClN4O5. The third-order valence-corrected chi connectivity index (χ3v) is 6.74. The van der Waals surface area contributed by atoms with Crippen LogP contribution >= 0.6 is 11.6 Å². The second-order valence-corrected chi connectivity index (χ2v) is 9.52. The first-order valence-electron chi connectivity index (χ1n) is 12.0. The number of anilines is 1. The molecule has 1 aromatic heterocycles. The maximum atomic E-state index is 13.4. The molecule has 0 bridgehead atoms. The van der Waals surface area contributed by atoms with Gasteiger partial charge in [-0.2, -0.15) is 5.10 Å². The fourth-order valence-corrected chi connectivity index (χ4v) is 4.81. The topological polar surface area (TPSA) is 117 Å². The van der Waals surface area contributed by atoms with Gasteiger partial charge in [0.25, 0.3) is 5.91 Å². The van der Waals surface area contributed by atoms with Gasteiger partial charge in [-0.05, 0) is 24.5 Å². The van der Waals surface area contributed by atoms with Gasteiger partial charge in [-0.3, -0.25) is 14.3 Å². The minimum Gasteiger partial charge on any atom is -0.458 e. The predicted octanol–water partition coefficient (Wildman–Crippen LogP) is 2.97. The van der Waals surface area contributed by atoms with E-state index in [1.807, 2.05) is 0 Å². The van der Waals surface area contributed by atoms with Crippen LogP contribution in [0.15, 0.2) is 48.4 Å². The highest BCUT2D eigenvalue weighted by atomic mass is 35.5. The van der Waals surface area contributed by atoms with Gasteiger partial charge in [0.15, 0.2) is 5.82 Å². The van der Waals surface area contributed by atoms with E-state index in [4.69, 9.17) is 21.4 Å². The number of aromatic nitrogens is 2. The zero-order valence-corrected chi connectivity index (χ0v) is 20.2. The number of benzene rings is 1. The smallest absolute Gasteiger partial charge is 0.251 e. The summed E-state index contributed by atoms with van der Waals surface area (Å²) in [7, 11) is 0. The molecule has 2 heterocycles. The summed E-state index contributed by atoms with van der Waals surface area (Å²) in [5.74, 6) is 0.980. The Kier molecular flexibility index (Phi) is 8.43. The summed E-state index contributed by atoms with van der Waals surface area (Å²) in [6, 6.07) is 7.98. The Morgan fingerprint density at radius 1 is 1.23 bits per heavy atom. The first-order valence-corrected chi connectivity index (χ1v) is 12.4. The molecule has 0 spiro atoms. The van der Waals surface area contributed by atoms with E-state index in [9.17, 15) is 14.7 Å². The Labute approximate surface area is 209 Å². The van der Waals surface area contributed by atoms with Crippen molar-refractivity contribution in [1.29, 1.82) is 0 Å². The first kappa shape index (κ1) is 25.2. The van der Waals surface area contributed by atoms with E-state index in [0.717, 1.165) is 25.7 Å². The summed E-state index contributed by atoms with van der Waals surface area (Å²) in [5.41, 5.74) is 0. The summed E-state index contributed by atoms with van der Waals surface area (Å²) < 4.78 is 7.32. The molecule has 2 amide bonds. The van der Waals surface area contributed by atoms with E-state index < -0.39 is 12.1 Å². The quantitative estimate of drug-likeness (QED) is 0.460. The summed E-state index contributed by atoms with van der Waals surface area (Å²) in [6.07, 6.45) is 8.18. The first-order chi connectivity index (χ1) is 16.9. The number of para-hydroxylation sites is 1. The molecule has 1 fully saturated rings. The third-order valence-electron chi connectivity index (χ3n) is 6.43. The lowest BCUT2D eigenvalue weighted by Gasteiger charge is -2.31. The van der Waals surface area contributed by atoms with Crippen molar-refractivity contribution in [3.63, 3.8) is 0 Å². The van der Waals surface area contributed by atoms with Crippen LogP contribution in [0.25, 0.3) is 0 Å². The molecule has 188 valence electrons. The number of halogens is 1. The molecule has 2 unspecified atom stereocenters. The molecule has 2 atom stereocenters. The van der Waals surface area contributed by atoms with Gasteiger partial charge in [-0.25, -0.2) is 0 Å². The van der Waals surface area contributed by atoms with Crippen molar-refractivity contribution in [1.82, 2.24) is 14.7 Å². The summed E-state index contributed by atoms with van der Waals surface area (Å²) in [4.78, 5) is 27.9. The van der Waals surface area contributed by atoms with Crippen LogP contribution in [-0.2, 0) is 16.1 Å². The van der Waals surface area contributed by atoms with E-state index in [2.05, 4.69) is 10.4 Å². The second-order valence-electron chi connectivity index (χ2n) is 9.11. The number of carbonyl (C=O) groups is 2. The molecule has 1 aromatic carbocycles. The van der Waals surface area contributed by atoms with Crippen LogP contribution in [0, 0.1) is 5.92 Å². The van der Waals surface area contributed by atoms with E-state index in [-0.39, 0.29) is 31.5 Å². The van der Waals surface area contributed by atoms with Gasteiger partial charge in [0.1, 0.15) is 17.6 Å². The number of hydrogen-bond donors (Lipinski definition) is 3. The number of nitrogens with one attached hydrogen (secondary N) is 1. The molecule has 1 aliphatic carbocycles. The number of amides is 2. The van der Waals surface area contributed by atoms with Gasteiger partial charge in [-0.1, -0.05) is 55.8 Å². The lowest BCUT2D eigenvalue weighted by molar-refractivity contribution is -0.134. The Bertz CT molecular complexity index is 1070. The van der Waals surface area contributed by atoms with E-state index in [1.54, 1.807) is 41.4 Å². The highest BCUT2D eigenvalue weighted by molar-refractivity contribution is 6.32. The molecule has 3 N–H and O–H groups in total. The van der Waals surface area contributed by atoms with E-state index in [0.29, 0.717) is 34.7 Å². The SMILES string of the molecule is O=C(Nc1ccn(CC(O)CO)n1)C(CC1CCCCC1)N1CC(Oc2ccccc2Cl)=CC1=O. The molecular weight excluding hydrogens is 472 g/mol. The monoisotopic (exact) mass is 502 g/mol. The highest BCUT2D eigenvalue weighted by Crippen LogP contribution is 2.31. The number of nitrogens with zero attached hydrogens (tertiary/aromatic N) is 3. The predicted molar refractivity (Wildman–Crippen MR) is 131 cm³/mol. The second kappa shape index (κ2) is 11.7. The molecule has 0 saturated heterocycles. The van der Waals surface area contributed by atoms with Crippen LogP contribution < -0.4 is 10.1 Å². The standard InChI is InChI=1S/C25H31ClN4O5/c26-20-8-4-5-9-22(20)35-19-13-24(33)30(15-19)21(12-17-6-2-1-3-7-17)25(34)27-23-10-11-29(28-23)14-18(32)16-31/h4-5,8-11,13,17-18,21,31-32H,1-3,6-7,12,14-16H2,(H,27,28,34). The van der Waals surface area contributed by atoms with Crippen LogP contribution in [-0.4, -0.2) is 62.0 Å². The highest BCUT2D eigenvalue weighted by Gasteiger charge is 2.36. The Balaban J connectivity index is 1.46. The Hall–Kier alpha value is -2.88. The van der Waals surface area contributed by atoms with Gasteiger partial charge < -0.3 is 25.2 Å². The van der Waals surface area contributed by atoms with E-state index >= 15 is 0 Å². The molecule has 2 aliphatic rings. The van der Waals surface area contributed by atoms with Gasteiger partial charge in [-0.15, -0.1) is 0 Å². The number of carbonyl (C=O) groups excluding carboxylic acids is 2. The van der Waals surface area contributed by atoms with Crippen LogP contribution in [0.4, 0.5) is 5.82 Å². The maximum Gasteiger partial charge on any atom is 0.251 e. The normalized spacial score (nSPS) is 18.3. The number of hydrogen-bond acceptors (Lipinski definition) is 6. The largest absolute Gasteiger partial charge is 0.458 e. The van der Waals surface area contributed by atoms with Crippen LogP contribution in [0.5, 0.6) is 5.75 Å². The minimum atomic E-state index is -0.942. The molecule has 10 heteroatoms. The number of aliphatic hydroxyl groups excluding tert-OH is 2. The molecule has 4 rings (SSSR count). The number of ether oxygens (including phenoxy) is 1. The van der Waals surface area contributed by atoms with Crippen molar-refractivity contribution in [3.05, 3.63) is 53.4 Å². The number of aliphatic hydroxyl groups is 2. The zero-order chi connectivity index (χ0) is 24.8. The number of rotatable bonds is 10. The lowest BCUT2D eigenvalue weighted by atomic mass is 9.84. The van der Waals surface area contributed by atoms with Crippen molar-refractivity contribution in [2.24, 2.45) is 5.92 Å². The van der Waals surface area contributed by atoms with Gasteiger partial charge >= 0.3 is 0 Å². The minimum absolute atomic E-state index is 0.106. The fourth-order valence-electron chi connectivity index (χ4n) is 4.63. The third kappa shape index (κ3) is 6.62. The van der Waals surface area contributed by atoms with Gasteiger partial charge in [0.2, 0.25) is 5.91 Å². The molecule has 1 aliphatic heterocycles. The van der Waals surface area contributed by atoms with Crippen molar-refractivity contribution >= 4 is 29.2 Å². The molecule has 9 nitrogen and oxygen atoms in total. The Morgan fingerprint density at radius 3 is 2.74 bits per heavy atom. The van der Waals surface area contributed by atoms with Crippen LogP contribution in [0.1, 0.15) is 38.5 Å². The molecule has 1 saturated carbocycles. The lowest BCUT2D eigenvalue weighted by Crippen LogP contribution is -2.46. The van der Waals surface area contributed by atoms with Crippen LogP contribution in [0.3, 0.4) is 0 Å². The molecule has 35 heavy (non-hydrogen) atoms. The van der Waals surface area contributed by atoms with Crippen molar-refractivity contribution in [2.75, 3.05) is 18.5 Å². The van der Waals surface area contributed by atoms with Crippen molar-refractivity contribution in [3.8, 4) is 5.75 Å². The fraction of sp³-hybridized carbons (Fsp3) is 0.480. The summed E-state index contributed by atoms with van der Waals surface area (Å²) in [5, 5.41) is 26.2. The summed E-state index contributed by atoms with van der Waals surface area (Å²) >= 11 is 6.20. The molecule has 0 radical (unpaired) electrons. The van der Waals surface area contributed by atoms with Gasteiger partial charge in [0.05, 0.1) is 30.8 Å². The summed E-state index contributed by atoms with van der Waals surface area (Å²) in [6.45, 7) is -0.102. The van der Waals surface area contributed by atoms with Crippen LogP contribution in [0.2, 0.25) is 5.02 Å². The average Bonchev–Trinajstić information content (AvgIpc) is 3.44. The zero-order valence-electron chi connectivity index (χ0n) is 19.5. The van der Waals surface area contributed by atoms with Crippen molar-refractivity contribution in [2.45, 2.75) is 57.2 Å².